The fraction of sp³-hybridized carbons (Fsp3) is 0.500. The van der Waals surface area contributed by atoms with Crippen molar-refractivity contribution in [3.63, 3.8) is 0 Å². The van der Waals surface area contributed by atoms with Crippen LogP contribution in [-0.4, -0.2) is 85.2 Å². The molecule has 0 saturated carbocycles. The number of hydrogen-bond donors (Lipinski definition) is 0. The van der Waals surface area contributed by atoms with Gasteiger partial charge in [-0.25, -0.2) is 19.5 Å². The summed E-state index contributed by atoms with van der Waals surface area (Å²) in [6, 6.07) is 9.33. The number of nitrogens with zero attached hydrogens (tertiary/aromatic N) is 9. The van der Waals surface area contributed by atoms with E-state index in [0.29, 0.717) is 17.7 Å². The van der Waals surface area contributed by atoms with Crippen LogP contribution in [0.4, 0.5) is 5.69 Å². The lowest BCUT2D eigenvalue weighted by atomic mass is 9.96. The van der Waals surface area contributed by atoms with Gasteiger partial charge in [0.05, 0.1) is 18.1 Å². The van der Waals surface area contributed by atoms with Crippen LogP contribution in [-0.2, 0) is 13.0 Å². The third-order valence-electron chi connectivity index (χ3n) is 8.50. The van der Waals surface area contributed by atoms with E-state index in [2.05, 4.69) is 76.9 Å². The molecule has 3 aromatic heterocycles. The fourth-order valence-electron chi connectivity index (χ4n) is 6.17. The molecule has 0 N–H and O–H groups in total. The number of anilines is 1. The van der Waals surface area contributed by atoms with Gasteiger partial charge in [0.15, 0.2) is 5.82 Å². The molecule has 0 unspecified atom stereocenters. The van der Waals surface area contributed by atoms with Gasteiger partial charge in [0.1, 0.15) is 5.82 Å². The molecule has 2 aliphatic heterocycles. The maximum absolute atomic E-state index is 4.74. The number of piperazine rings is 1. The summed E-state index contributed by atoms with van der Waals surface area (Å²) in [5.74, 6) is 2.79. The Morgan fingerprint density at radius 1 is 0.923 bits per heavy atom. The highest BCUT2D eigenvalue weighted by molar-refractivity contribution is 5.57. The van der Waals surface area contributed by atoms with Crippen LogP contribution in [0, 0.1) is 26.7 Å². The first kappa shape index (κ1) is 25.8. The Bertz CT molecular complexity index is 1440. The van der Waals surface area contributed by atoms with Crippen LogP contribution in [0.2, 0.25) is 0 Å². The van der Waals surface area contributed by atoms with E-state index in [-0.39, 0.29) is 0 Å². The molecule has 2 atom stereocenters. The normalized spacial score (nSPS) is 20.8. The lowest BCUT2D eigenvalue weighted by Crippen LogP contribution is -2.49. The molecule has 2 aliphatic rings. The molecule has 0 spiro atoms. The number of likely N-dealkylation sites (N-methyl/N-ethyl adjacent to an activating group) is 1. The highest BCUT2D eigenvalue weighted by atomic mass is 15.3. The van der Waals surface area contributed by atoms with Crippen LogP contribution in [0.15, 0.2) is 36.7 Å². The lowest BCUT2D eigenvalue weighted by Gasteiger charge is -2.38. The van der Waals surface area contributed by atoms with Crippen molar-refractivity contribution in [3.05, 3.63) is 65.0 Å². The topological polar surface area (TPSA) is 78.6 Å². The standard InChI is InChI=1S/C30H39N9/c1-20-17-36(5)12-13-37(20)18-24-6-8-26(9-7-24)29-31-15-27(16-32-29)38-11-10-25(19-38)14-28-21(2)33-30-34-23(4)35-39(30)22(28)3/h6-9,15-16,20,25H,10-14,17-19H2,1-5H3/t20-,25-/m0/s1. The summed E-state index contributed by atoms with van der Waals surface area (Å²) in [6.07, 6.45) is 6.09. The molecule has 2 saturated heterocycles. The van der Waals surface area contributed by atoms with Crippen molar-refractivity contribution < 1.29 is 0 Å². The van der Waals surface area contributed by atoms with Crippen LogP contribution < -0.4 is 4.90 Å². The van der Waals surface area contributed by atoms with Crippen molar-refractivity contribution in [3.8, 4) is 11.4 Å². The smallest absolute Gasteiger partial charge is 0.252 e. The van der Waals surface area contributed by atoms with Gasteiger partial charge in [-0.1, -0.05) is 24.3 Å². The first-order chi connectivity index (χ1) is 18.8. The molecule has 1 aromatic carbocycles. The second-order valence-electron chi connectivity index (χ2n) is 11.5. The number of aryl methyl sites for hydroxylation is 3. The van der Waals surface area contributed by atoms with Crippen LogP contribution in [0.1, 0.15) is 41.7 Å². The first-order valence-corrected chi connectivity index (χ1v) is 14.1. The van der Waals surface area contributed by atoms with Gasteiger partial charge < -0.3 is 9.80 Å². The van der Waals surface area contributed by atoms with Crippen molar-refractivity contribution in [1.29, 1.82) is 0 Å². The Morgan fingerprint density at radius 2 is 1.69 bits per heavy atom. The Kier molecular flexibility index (Phi) is 7.03. The minimum Gasteiger partial charge on any atom is -0.369 e. The maximum atomic E-state index is 4.74. The Hall–Kier alpha value is -3.43. The summed E-state index contributed by atoms with van der Waals surface area (Å²) in [6.45, 7) is 14.8. The van der Waals surface area contributed by atoms with Crippen LogP contribution in [0.5, 0.6) is 0 Å². The van der Waals surface area contributed by atoms with E-state index in [9.17, 15) is 0 Å². The Labute approximate surface area is 230 Å². The molecule has 204 valence electrons. The van der Waals surface area contributed by atoms with Gasteiger partial charge in [-0.15, -0.1) is 0 Å². The van der Waals surface area contributed by atoms with Crippen LogP contribution >= 0.6 is 0 Å². The molecule has 5 heterocycles. The molecule has 0 radical (unpaired) electrons. The van der Waals surface area contributed by atoms with Crippen molar-refractivity contribution in [1.82, 2.24) is 39.3 Å². The minimum atomic E-state index is 0.557. The van der Waals surface area contributed by atoms with Crippen molar-refractivity contribution >= 4 is 11.5 Å². The SMILES string of the molecule is Cc1nc2nc(C)c(C[C@@H]3CCN(c4cnc(-c5ccc(CN6CCN(C)C[C@@H]6C)cc5)nc4)C3)c(C)n2n1. The van der Waals surface area contributed by atoms with Crippen molar-refractivity contribution in [2.24, 2.45) is 5.92 Å². The fourth-order valence-corrected chi connectivity index (χ4v) is 6.17. The number of benzene rings is 1. The Morgan fingerprint density at radius 3 is 2.44 bits per heavy atom. The van der Waals surface area contributed by atoms with E-state index in [1.807, 2.05) is 23.8 Å². The third kappa shape index (κ3) is 5.38. The number of aromatic nitrogens is 6. The number of fused-ring (bicyclic) bond motifs is 1. The van der Waals surface area contributed by atoms with Gasteiger partial charge in [-0.3, -0.25) is 4.90 Å². The summed E-state index contributed by atoms with van der Waals surface area (Å²) < 4.78 is 1.89. The molecule has 39 heavy (non-hydrogen) atoms. The third-order valence-corrected chi connectivity index (χ3v) is 8.50. The van der Waals surface area contributed by atoms with Crippen LogP contribution in [0.25, 0.3) is 17.2 Å². The summed E-state index contributed by atoms with van der Waals surface area (Å²) in [7, 11) is 2.21. The van der Waals surface area contributed by atoms with E-state index in [1.54, 1.807) is 0 Å². The van der Waals surface area contributed by atoms with Gasteiger partial charge in [-0.2, -0.15) is 10.1 Å². The minimum absolute atomic E-state index is 0.557. The molecular weight excluding hydrogens is 486 g/mol. The van der Waals surface area contributed by atoms with Gasteiger partial charge in [-0.05, 0) is 64.6 Å². The van der Waals surface area contributed by atoms with Gasteiger partial charge >= 0.3 is 0 Å². The van der Waals surface area contributed by atoms with E-state index in [0.717, 1.165) is 86.4 Å². The predicted molar refractivity (Wildman–Crippen MR) is 154 cm³/mol. The van der Waals surface area contributed by atoms with Gasteiger partial charge in [0.2, 0.25) is 0 Å². The quantitative estimate of drug-likeness (QED) is 0.377. The van der Waals surface area contributed by atoms with Gasteiger partial charge in [0.25, 0.3) is 5.78 Å². The van der Waals surface area contributed by atoms with E-state index in [1.165, 1.54) is 11.1 Å². The molecular formula is C30H39N9. The van der Waals surface area contributed by atoms with Crippen LogP contribution in [0.3, 0.4) is 0 Å². The average molecular weight is 526 g/mol. The number of rotatable bonds is 6. The molecule has 0 amide bonds. The second-order valence-corrected chi connectivity index (χ2v) is 11.5. The molecule has 9 nitrogen and oxygen atoms in total. The average Bonchev–Trinajstić information content (AvgIpc) is 3.55. The summed E-state index contributed by atoms with van der Waals surface area (Å²) >= 11 is 0. The zero-order valence-electron chi connectivity index (χ0n) is 23.8. The monoisotopic (exact) mass is 525 g/mol. The summed E-state index contributed by atoms with van der Waals surface area (Å²) in [4.78, 5) is 26.0. The zero-order chi connectivity index (χ0) is 27.1. The summed E-state index contributed by atoms with van der Waals surface area (Å²) in [5.41, 5.74) is 6.99. The molecule has 2 fully saturated rings. The Balaban J connectivity index is 1.08. The number of hydrogen-bond acceptors (Lipinski definition) is 8. The van der Waals surface area contributed by atoms with E-state index >= 15 is 0 Å². The van der Waals surface area contributed by atoms with Gasteiger partial charge in [0, 0.05) is 62.3 Å². The van der Waals surface area contributed by atoms with E-state index < -0.39 is 0 Å². The van der Waals surface area contributed by atoms with E-state index in [4.69, 9.17) is 15.0 Å². The molecule has 0 bridgehead atoms. The molecule has 6 rings (SSSR count). The largest absolute Gasteiger partial charge is 0.369 e. The highest BCUT2D eigenvalue weighted by Gasteiger charge is 2.26. The maximum Gasteiger partial charge on any atom is 0.252 e. The molecule has 4 aromatic rings. The second kappa shape index (κ2) is 10.6. The first-order valence-electron chi connectivity index (χ1n) is 14.1. The zero-order valence-corrected chi connectivity index (χ0v) is 23.8. The summed E-state index contributed by atoms with van der Waals surface area (Å²) in [5, 5.41) is 4.53. The van der Waals surface area contributed by atoms with Crippen molar-refractivity contribution in [2.45, 2.75) is 53.1 Å². The van der Waals surface area contributed by atoms with Crippen molar-refractivity contribution in [2.75, 3.05) is 44.7 Å². The lowest BCUT2D eigenvalue weighted by molar-refractivity contribution is 0.0938. The highest BCUT2D eigenvalue weighted by Crippen LogP contribution is 2.28. The molecule has 0 aliphatic carbocycles. The molecule has 9 heteroatoms. The predicted octanol–water partition coefficient (Wildman–Crippen LogP) is 3.71.